The molecule has 0 aliphatic heterocycles. The molecule has 0 amide bonds. The highest BCUT2D eigenvalue weighted by molar-refractivity contribution is 7.73. The van der Waals surface area contributed by atoms with Crippen LogP contribution in [0.5, 0.6) is 0 Å². The van der Waals surface area contributed by atoms with E-state index in [9.17, 15) is 0 Å². The first kappa shape index (κ1) is 40.5. The summed E-state index contributed by atoms with van der Waals surface area (Å²) in [5, 5.41) is 6.13. The average Bonchev–Trinajstić information content (AvgIpc) is 3.17. The quantitative estimate of drug-likeness (QED) is 0.0389. The molecule has 0 radical (unpaired) electrons. The fourth-order valence-electron chi connectivity index (χ4n) is 7.32. The second-order valence-electron chi connectivity index (χ2n) is 14.4. The first-order valence-corrected chi connectivity index (χ1v) is 23.7. The monoisotopic (exact) mass is 706 g/mol. The topological polar surface area (TPSA) is 0 Å². The van der Waals surface area contributed by atoms with Crippen molar-refractivity contribution in [1.82, 2.24) is 0 Å². The van der Waals surface area contributed by atoms with Crippen LogP contribution in [0.2, 0.25) is 0 Å². The number of benzene rings is 4. The van der Waals surface area contributed by atoms with Crippen LogP contribution in [0.25, 0.3) is 0 Å². The van der Waals surface area contributed by atoms with Crippen LogP contribution in [0.1, 0.15) is 141 Å². The van der Waals surface area contributed by atoms with E-state index in [4.69, 9.17) is 0 Å². The smallest absolute Gasteiger partial charge is 0.0195 e. The average molecular weight is 707 g/mol. The summed E-state index contributed by atoms with van der Waals surface area (Å²) in [6.07, 6.45) is 34.2. The molecule has 4 aromatic carbocycles. The van der Waals surface area contributed by atoms with Crippen LogP contribution in [-0.4, -0.2) is 12.3 Å². The normalized spacial score (nSPS) is 11.5. The van der Waals surface area contributed by atoms with Crippen molar-refractivity contribution in [3.63, 3.8) is 0 Å². The van der Waals surface area contributed by atoms with Crippen LogP contribution in [0.3, 0.4) is 0 Å². The summed E-state index contributed by atoms with van der Waals surface area (Å²) < 4.78 is 0. The van der Waals surface area contributed by atoms with E-state index in [2.05, 4.69) is 121 Å². The van der Waals surface area contributed by atoms with Gasteiger partial charge >= 0.3 is 0 Å². The van der Waals surface area contributed by atoms with Crippen molar-refractivity contribution >= 4 is 37.1 Å². The molecular formula is C48H68P2. The van der Waals surface area contributed by atoms with Gasteiger partial charge in [0.2, 0.25) is 0 Å². The number of hydrogen-bond acceptors (Lipinski definition) is 0. The molecule has 0 saturated carbocycles. The second kappa shape index (κ2) is 27.4. The Morgan fingerprint density at radius 2 is 0.360 bits per heavy atom. The van der Waals surface area contributed by atoms with Gasteiger partial charge in [0.15, 0.2) is 0 Å². The van der Waals surface area contributed by atoms with E-state index in [0.717, 1.165) is 0 Å². The predicted molar refractivity (Wildman–Crippen MR) is 229 cm³/mol. The lowest BCUT2D eigenvalue weighted by atomic mass is 10.0. The van der Waals surface area contributed by atoms with Gasteiger partial charge in [-0.25, -0.2) is 0 Å². The highest BCUT2D eigenvalue weighted by atomic mass is 31.1. The van der Waals surface area contributed by atoms with Crippen molar-refractivity contribution in [1.29, 1.82) is 0 Å². The van der Waals surface area contributed by atoms with Gasteiger partial charge in [-0.2, -0.15) is 0 Å². The maximum atomic E-state index is 2.33. The van der Waals surface area contributed by atoms with E-state index in [1.54, 1.807) is 0 Å². The molecule has 4 rings (SSSR count). The van der Waals surface area contributed by atoms with Gasteiger partial charge < -0.3 is 0 Å². The van der Waals surface area contributed by atoms with Gasteiger partial charge in [0.05, 0.1) is 0 Å². The van der Waals surface area contributed by atoms with Gasteiger partial charge in [-0.1, -0.05) is 250 Å². The van der Waals surface area contributed by atoms with Gasteiger partial charge in [0.1, 0.15) is 0 Å². The molecule has 0 bridgehead atoms. The lowest BCUT2D eigenvalue weighted by Gasteiger charge is -2.18. The van der Waals surface area contributed by atoms with Gasteiger partial charge in [0, 0.05) is 0 Å². The minimum atomic E-state index is -0.210. The van der Waals surface area contributed by atoms with Crippen LogP contribution in [0.15, 0.2) is 121 Å². The third-order valence-electron chi connectivity index (χ3n) is 10.3. The lowest BCUT2D eigenvalue weighted by molar-refractivity contribution is 0.520. The highest BCUT2D eigenvalue weighted by Gasteiger charge is 2.14. The molecule has 0 saturated heterocycles. The zero-order valence-electron chi connectivity index (χ0n) is 31.4. The van der Waals surface area contributed by atoms with Gasteiger partial charge in [-0.15, -0.1) is 0 Å². The first-order valence-electron chi connectivity index (χ1n) is 20.7. The third kappa shape index (κ3) is 17.3. The van der Waals surface area contributed by atoms with Crippen LogP contribution < -0.4 is 21.2 Å². The molecule has 0 fully saturated rings. The SMILES string of the molecule is c1ccc(P(CCCCCCCCCCCCCCCCCCCCCCCCP(c2ccccc2)c2ccccc2)c2ccccc2)cc1. The molecule has 0 aliphatic rings. The Morgan fingerprint density at radius 3 is 0.540 bits per heavy atom. The Bertz CT molecular complexity index is 1120. The van der Waals surface area contributed by atoms with Crippen molar-refractivity contribution < 1.29 is 0 Å². The lowest BCUT2D eigenvalue weighted by Crippen LogP contribution is -2.13. The summed E-state index contributed by atoms with van der Waals surface area (Å²) in [5.74, 6) is 0. The van der Waals surface area contributed by atoms with Crippen LogP contribution >= 0.6 is 15.8 Å². The summed E-state index contributed by atoms with van der Waals surface area (Å²) in [5.41, 5.74) is 0. The van der Waals surface area contributed by atoms with Crippen molar-refractivity contribution in [2.45, 2.75) is 141 Å². The highest BCUT2D eigenvalue weighted by Crippen LogP contribution is 2.36. The fourth-order valence-corrected chi connectivity index (χ4v) is 12.2. The van der Waals surface area contributed by atoms with Crippen LogP contribution in [0, 0.1) is 0 Å². The van der Waals surface area contributed by atoms with Crippen LogP contribution in [-0.2, 0) is 0 Å². The van der Waals surface area contributed by atoms with E-state index in [1.807, 2.05) is 0 Å². The maximum absolute atomic E-state index is 2.33. The zero-order valence-corrected chi connectivity index (χ0v) is 33.2. The third-order valence-corrected chi connectivity index (χ3v) is 15.5. The Labute approximate surface area is 310 Å². The molecule has 4 aromatic rings. The largest absolute Gasteiger partial charge is 0.0622 e. The molecule has 2 heteroatoms. The Hall–Kier alpha value is -2.26. The molecule has 0 spiro atoms. The fraction of sp³-hybridized carbons (Fsp3) is 0.500. The molecule has 0 heterocycles. The number of rotatable bonds is 29. The Balaban J connectivity index is 0.867. The van der Waals surface area contributed by atoms with E-state index in [0.29, 0.717) is 0 Å². The summed E-state index contributed by atoms with van der Waals surface area (Å²) in [7, 11) is -0.420. The molecule has 0 nitrogen and oxygen atoms in total. The molecule has 270 valence electrons. The minimum Gasteiger partial charge on any atom is -0.0622 e. The molecule has 0 aliphatic carbocycles. The Kier molecular flexibility index (Phi) is 22.2. The summed E-state index contributed by atoms with van der Waals surface area (Å²) in [4.78, 5) is 0. The molecular weight excluding hydrogens is 638 g/mol. The van der Waals surface area contributed by atoms with E-state index in [-0.39, 0.29) is 15.8 Å². The van der Waals surface area contributed by atoms with Crippen molar-refractivity contribution in [3.05, 3.63) is 121 Å². The van der Waals surface area contributed by atoms with Crippen LogP contribution in [0.4, 0.5) is 0 Å². The standard InChI is InChI=1S/C48H68P2/c1(3-5-7-9-11-13-15-17-19-33-43-49(45-35-25-21-26-36-45)46-37-27-22-28-38-46)2-4-6-8-10-12-14-16-18-20-34-44-50(47-39-29-23-30-40-47)48-41-31-24-32-42-48/h21-32,35-42H,1-20,33-34,43-44H2. The van der Waals surface area contributed by atoms with E-state index < -0.39 is 0 Å². The first-order chi connectivity index (χ1) is 24.9. The molecule has 0 aromatic heterocycles. The van der Waals surface area contributed by atoms with E-state index >= 15 is 0 Å². The van der Waals surface area contributed by atoms with Crippen molar-refractivity contribution in [2.75, 3.05) is 12.3 Å². The van der Waals surface area contributed by atoms with Gasteiger partial charge in [-0.3, -0.25) is 0 Å². The maximum Gasteiger partial charge on any atom is -0.0195 e. The second-order valence-corrected chi connectivity index (χ2v) is 19.1. The van der Waals surface area contributed by atoms with Crippen molar-refractivity contribution in [2.24, 2.45) is 0 Å². The molecule has 50 heavy (non-hydrogen) atoms. The van der Waals surface area contributed by atoms with Crippen molar-refractivity contribution in [3.8, 4) is 0 Å². The summed E-state index contributed by atoms with van der Waals surface area (Å²) in [6, 6.07) is 44.9. The molecule has 0 N–H and O–H groups in total. The Morgan fingerprint density at radius 1 is 0.200 bits per heavy atom. The zero-order chi connectivity index (χ0) is 34.6. The summed E-state index contributed by atoms with van der Waals surface area (Å²) >= 11 is 0. The van der Waals surface area contributed by atoms with Gasteiger partial charge in [0.25, 0.3) is 0 Å². The predicted octanol–water partition coefficient (Wildman–Crippen LogP) is 13.8. The minimum absolute atomic E-state index is 0.210. The number of hydrogen-bond donors (Lipinski definition) is 0. The summed E-state index contributed by atoms with van der Waals surface area (Å²) in [6.45, 7) is 0. The molecule has 0 atom stereocenters. The van der Waals surface area contributed by atoms with E-state index in [1.165, 1.54) is 175 Å². The molecule has 0 unspecified atom stereocenters. The van der Waals surface area contributed by atoms with Gasteiger partial charge in [-0.05, 0) is 62.2 Å². The number of unbranched alkanes of at least 4 members (excludes halogenated alkanes) is 21.